The molecule has 3 atom stereocenters. The van der Waals surface area contributed by atoms with Crippen molar-refractivity contribution in [2.75, 3.05) is 13.1 Å². The lowest BCUT2D eigenvalue weighted by molar-refractivity contribution is -0.140. The number of benzene rings is 1. The molecule has 8 heteroatoms. The zero-order valence-electron chi connectivity index (χ0n) is 16.2. The van der Waals surface area contributed by atoms with Crippen LogP contribution in [0.4, 0.5) is 4.39 Å². The number of fused-ring (bicyclic) bond motifs is 1. The molecule has 1 aromatic carbocycles. The van der Waals surface area contributed by atoms with E-state index in [1.165, 1.54) is 17.0 Å². The number of amides is 4. The van der Waals surface area contributed by atoms with E-state index in [1.54, 1.807) is 12.1 Å². The first-order valence-electron chi connectivity index (χ1n) is 10.0. The molecule has 4 amide bonds. The maximum absolute atomic E-state index is 13.0. The SMILES string of the molecule is NC(=O)C(CNC(=O)CCN1C(=O)C2CCCCC2C1=O)Cc1ccc(F)cc1. The van der Waals surface area contributed by atoms with Gasteiger partial charge in [0.25, 0.3) is 0 Å². The van der Waals surface area contributed by atoms with E-state index >= 15 is 0 Å². The number of nitrogens with zero attached hydrogens (tertiary/aromatic N) is 1. The topological polar surface area (TPSA) is 110 Å². The van der Waals surface area contributed by atoms with Gasteiger partial charge in [0.05, 0.1) is 17.8 Å². The van der Waals surface area contributed by atoms with Crippen LogP contribution in [0.5, 0.6) is 0 Å². The lowest BCUT2D eigenvalue weighted by Gasteiger charge is -2.19. The van der Waals surface area contributed by atoms with Crippen LogP contribution in [0.25, 0.3) is 0 Å². The molecule has 3 N–H and O–H groups in total. The van der Waals surface area contributed by atoms with Crippen molar-refractivity contribution in [3.8, 4) is 0 Å². The molecule has 2 fully saturated rings. The summed E-state index contributed by atoms with van der Waals surface area (Å²) >= 11 is 0. The van der Waals surface area contributed by atoms with Crippen LogP contribution in [-0.2, 0) is 25.6 Å². The molecule has 0 bridgehead atoms. The second-order valence-electron chi connectivity index (χ2n) is 7.81. The van der Waals surface area contributed by atoms with Gasteiger partial charge in [-0.3, -0.25) is 24.1 Å². The van der Waals surface area contributed by atoms with Crippen molar-refractivity contribution in [1.82, 2.24) is 10.2 Å². The first-order chi connectivity index (χ1) is 13.9. The summed E-state index contributed by atoms with van der Waals surface area (Å²) in [5, 5.41) is 2.65. The summed E-state index contributed by atoms with van der Waals surface area (Å²) in [5.74, 6) is -2.72. The molecule has 156 valence electrons. The average molecular weight is 403 g/mol. The molecule has 2 aliphatic rings. The number of halogens is 1. The molecular formula is C21H26FN3O4. The van der Waals surface area contributed by atoms with Gasteiger partial charge in [-0.05, 0) is 37.0 Å². The summed E-state index contributed by atoms with van der Waals surface area (Å²) < 4.78 is 13.0. The van der Waals surface area contributed by atoms with Crippen molar-refractivity contribution < 1.29 is 23.6 Å². The molecule has 7 nitrogen and oxygen atoms in total. The summed E-state index contributed by atoms with van der Waals surface area (Å²) in [7, 11) is 0. The first kappa shape index (κ1) is 21.0. The number of rotatable bonds is 8. The van der Waals surface area contributed by atoms with Gasteiger partial charge in [-0.1, -0.05) is 25.0 Å². The Labute approximate surface area is 168 Å². The van der Waals surface area contributed by atoms with E-state index in [4.69, 9.17) is 5.73 Å². The van der Waals surface area contributed by atoms with E-state index in [2.05, 4.69) is 5.32 Å². The largest absolute Gasteiger partial charge is 0.369 e. The summed E-state index contributed by atoms with van der Waals surface area (Å²) in [6.07, 6.45) is 3.65. The first-order valence-corrected chi connectivity index (χ1v) is 10.0. The number of imide groups is 1. The third-order valence-electron chi connectivity index (χ3n) is 5.84. The van der Waals surface area contributed by atoms with Crippen LogP contribution < -0.4 is 11.1 Å². The number of hydrogen-bond acceptors (Lipinski definition) is 4. The van der Waals surface area contributed by atoms with Gasteiger partial charge in [0.1, 0.15) is 5.82 Å². The number of nitrogens with two attached hydrogens (primary N) is 1. The van der Waals surface area contributed by atoms with E-state index in [-0.39, 0.29) is 61.3 Å². The molecule has 0 aromatic heterocycles. The number of carbonyl (C=O) groups is 4. The number of likely N-dealkylation sites (tertiary alicyclic amines) is 1. The van der Waals surface area contributed by atoms with Crippen molar-refractivity contribution >= 4 is 23.6 Å². The second-order valence-corrected chi connectivity index (χ2v) is 7.81. The number of primary amides is 1. The Bertz CT molecular complexity index is 772. The lowest BCUT2D eigenvalue weighted by atomic mass is 9.81. The number of carbonyl (C=O) groups excluding carboxylic acids is 4. The van der Waals surface area contributed by atoms with Crippen LogP contribution in [0.3, 0.4) is 0 Å². The average Bonchev–Trinajstić information content (AvgIpc) is 2.95. The summed E-state index contributed by atoms with van der Waals surface area (Å²) in [5.41, 5.74) is 6.15. The molecule has 1 aliphatic carbocycles. The maximum atomic E-state index is 13.0. The Morgan fingerprint density at radius 1 is 1.10 bits per heavy atom. The molecule has 1 saturated carbocycles. The molecule has 29 heavy (non-hydrogen) atoms. The van der Waals surface area contributed by atoms with Crippen molar-refractivity contribution in [1.29, 1.82) is 0 Å². The summed E-state index contributed by atoms with van der Waals surface area (Å²) in [6, 6.07) is 5.73. The van der Waals surface area contributed by atoms with Gasteiger partial charge in [0.2, 0.25) is 23.6 Å². The van der Waals surface area contributed by atoms with Gasteiger partial charge in [-0.2, -0.15) is 0 Å². The molecular weight excluding hydrogens is 377 g/mol. The fraction of sp³-hybridized carbons (Fsp3) is 0.524. The monoisotopic (exact) mass is 403 g/mol. The van der Waals surface area contributed by atoms with Crippen LogP contribution in [0.2, 0.25) is 0 Å². The molecule has 3 rings (SSSR count). The fourth-order valence-corrected chi connectivity index (χ4v) is 4.17. The van der Waals surface area contributed by atoms with E-state index in [0.29, 0.717) is 0 Å². The standard InChI is InChI=1S/C21H26FN3O4/c22-15-7-5-13(6-8-15)11-14(19(23)27)12-24-18(26)9-10-25-20(28)16-3-1-2-4-17(16)21(25)29/h5-8,14,16-17H,1-4,9-12H2,(H2,23,27)(H,24,26). The predicted molar refractivity (Wildman–Crippen MR) is 103 cm³/mol. The van der Waals surface area contributed by atoms with Crippen molar-refractivity contribution in [2.45, 2.75) is 38.5 Å². The molecule has 1 aliphatic heterocycles. The van der Waals surface area contributed by atoms with E-state index in [9.17, 15) is 23.6 Å². The zero-order chi connectivity index (χ0) is 21.0. The zero-order valence-corrected chi connectivity index (χ0v) is 16.2. The Morgan fingerprint density at radius 2 is 1.69 bits per heavy atom. The fourth-order valence-electron chi connectivity index (χ4n) is 4.17. The van der Waals surface area contributed by atoms with Crippen LogP contribution in [0.1, 0.15) is 37.7 Å². The highest BCUT2D eigenvalue weighted by Crippen LogP contribution is 2.37. The quantitative estimate of drug-likeness (QED) is 0.635. The third-order valence-corrected chi connectivity index (χ3v) is 5.84. The highest BCUT2D eigenvalue weighted by atomic mass is 19.1. The van der Waals surface area contributed by atoms with Crippen LogP contribution in [0, 0.1) is 23.6 Å². The number of hydrogen-bond donors (Lipinski definition) is 2. The van der Waals surface area contributed by atoms with Gasteiger partial charge >= 0.3 is 0 Å². The van der Waals surface area contributed by atoms with Gasteiger partial charge in [-0.15, -0.1) is 0 Å². The lowest BCUT2D eigenvalue weighted by Crippen LogP contribution is -2.39. The Morgan fingerprint density at radius 3 is 2.24 bits per heavy atom. The van der Waals surface area contributed by atoms with Crippen molar-refractivity contribution in [3.63, 3.8) is 0 Å². The minimum Gasteiger partial charge on any atom is -0.369 e. The highest BCUT2D eigenvalue weighted by molar-refractivity contribution is 6.05. The molecule has 1 aromatic rings. The Kier molecular flexibility index (Phi) is 6.61. The smallest absolute Gasteiger partial charge is 0.233 e. The normalized spacial score (nSPS) is 22.3. The Balaban J connectivity index is 1.48. The van der Waals surface area contributed by atoms with Gasteiger partial charge < -0.3 is 11.1 Å². The van der Waals surface area contributed by atoms with Gasteiger partial charge in [0, 0.05) is 19.5 Å². The van der Waals surface area contributed by atoms with E-state index in [0.717, 1.165) is 31.2 Å². The maximum Gasteiger partial charge on any atom is 0.233 e. The van der Waals surface area contributed by atoms with Crippen molar-refractivity contribution in [3.05, 3.63) is 35.6 Å². The predicted octanol–water partition coefficient (Wildman–Crippen LogP) is 1.15. The molecule has 3 unspecified atom stereocenters. The summed E-state index contributed by atoms with van der Waals surface area (Å²) in [4.78, 5) is 49.9. The molecule has 0 radical (unpaired) electrons. The van der Waals surface area contributed by atoms with Crippen molar-refractivity contribution in [2.24, 2.45) is 23.5 Å². The highest BCUT2D eigenvalue weighted by Gasteiger charge is 2.47. The van der Waals surface area contributed by atoms with Crippen LogP contribution in [0.15, 0.2) is 24.3 Å². The Hall–Kier alpha value is -2.77. The minimum absolute atomic E-state index is 0.0149. The van der Waals surface area contributed by atoms with E-state index < -0.39 is 11.8 Å². The van der Waals surface area contributed by atoms with E-state index in [1.807, 2.05) is 0 Å². The molecule has 1 saturated heterocycles. The van der Waals surface area contributed by atoms with Crippen LogP contribution >= 0.6 is 0 Å². The molecule has 0 spiro atoms. The van der Waals surface area contributed by atoms with Crippen LogP contribution in [-0.4, -0.2) is 41.6 Å². The third kappa shape index (κ3) is 4.99. The molecule has 1 heterocycles. The van der Waals surface area contributed by atoms with Gasteiger partial charge in [-0.25, -0.2) is 4.39 Å². The minimum atomic E-state index is -0.637. The second kappa shape index (κ2) is 9.15. The summed E-state index contributed by atoms with van der Waals surface area (Å²) in [6.45, 7) is 0.0917. The van der Waals surface area contributed by atoms with Gasteiger partial charge in [0.15, 0.2) is 0 Å². The number of nitrogens with one attached hydrogen (secondary N) is 1.